The van der Waals surface area contributed by atoms with Crippen molar-refractivity contribution in [3.05, 3.63) is 89.5 Å². The lowest BCUT2D eigenvalue weighted by atomic mass is 9.98. The maximum atomic E-state index is 12.1. The minimum atomic E-state index is -0.857. The molecule has 1 aliphatic rings. The van der Waals surface area contributed by atoms with Crippen LogP contribution >= 0.6 is 0 Å². The number of aliphatic carboxylic acids is 1. The molecule has 2 amide bonds. The summed E-state index contributed by atoms with van der Waals surface area (Å²) in [5.74, 6) is 3.62. The summed E-state index contributed by atoms with van der Waals surface area (Å²) in [5, 5.41) is 13.9. The number of carboxylic acid groups (broad SMARTS) is 1. The first-order valence-corrected chi connectivity index (χ1v) is 11.2. The van der Waals surface area contributed by atoms with Gasteiger partial charge in [-0.25, -0.2) is 4.79 Å². The van der Waals surface area contributed by atoms with Crippen molar-refractivity contribution in [2.24, 2.45) is 0 Å². The van der Waals surface area contributed by atoms with Crippen molar-refractivity contribution < 1.29 is 24.2 Å². The number of nitrogens with one attached hydrogen (secondary N) is 2. The lowest BCUT2D eigenvalue weighted by molar-refractivity contribution is -0.137. The molecule has 0 heterocycles. The molecule has 7 nitrogen and oxygen atoms in total. The number of carbonyl (C=O) groups is 3. The Morgan fingerprint density at radius 1 is 0.886 bits per heavy atom. The molecule has 0 saturated heterocycles. The Hall–Kier alpha value is -4.57. The summed E-state index contributed by atoms with van der Waals surface area (Å²) in [6, 6.07) is 23.1. The van der Waals surface area contributed by atoms with E-state index in [9.17, 15) is 14.4 Å². The van der Waals surface area contributed by atoms with Crippen molar-refractivity contribution in [3.63, 3.8) is 0 Å². The highest BCUT2D eigenvalue weighted by Gasteiger charge is 2.28. The molecule has 0 atom stereocenters. The van der Waals surface area contributed by atoms with E-state index in [4.69, 9.17) is 9.84 Å². The van der Waals surface area contributed by atoms with E-state index in [-0.39, 0.29) is 25.5 Å². The Morgan fingerprint density at radius 3 is 2.14 bits per heavy atom. The maximum Gasteiger partial charge on any atom is 0.407 e. The number of carboxylic acids is 1. The predicted molar refractivity (Wildman–Crippen MR) is 132 cm³/mol. The van der Waals surface area contributed by atoms with E-state index in [1.807, 2.05) is 24.3 Å². The molecular weight excluding hydrogens is 444 g/mol. The SMILES string of the molecule is O=C(O)CCc1ccc(NC(=O)C#CCNC(=O)OCC2c3ccccc3-c3ccccc32)cc1. The summed E-state index contributed by atoms with van der Waals surface area (Å²) in [6.45, 7) is 0.175. The van der Waals surface area contributed by atoms with Crippen molar-refractivity contribution in [2.75, 3.05) is 18.5 Å². The molecule has 0 bridgehead atoms. The molecule has 0 fully saturated rings. The molecule has 176 valence electrons. The molecule has 3 N–H and O–H groups in total. The molecule has 0 spiro atoms. The lowest BCUT2D eigenvalue weighted by Gasteiger charge is -2.14. The van der Waals surface area contributed by atoms with E-state index in [2.05, 4.69) is 46.7 Å². The Balaban J connectivity index is 1.22. The van der Waals surface area contributed by atoms with Gasteiger partial charge in [0, 0.05) is 18.0 Å². The van der Waals surface area contributed by atoms with Crippen LogP contribution in [-0.4, -0.2) is 36.2 Å². The zero-order valence-corrected chi connectivity index (χ0v) is 18.9. The smallest absolute Gasteiger partial charge is 0.407 e. The van der Waals surface area contributed by atoms with Crippen LogP contribution in [0, 0.1) is 11.8 Å². The molecule has 0 aromatic heterocycles. The first kappa shape index (κ1) is 23.6. The molecule has 0 radical (unpaired) electrons. The Morgan fingerprint density at radius 2 is 1.51 bits per heavy atom. The van der Waals surface area contributed by atoms with Gasteiger partial charge in [0.15, 0.2) is 0 Å². The normalized spacial score (nSPS) is 11.4. The summed E-state index contributed by atoms with van der Waals surface area (Å²) in [4.78, 5) is 34.8. The van der Waals surface area contributed by atoms with Gasteiger partial charge in [0.1, 0.15) is 6.61 Å². The summed E-state index contributed by atoms with van der Waals surface area (Å²) in [5.41, 5.74) is 5.99. The van der Waals surface area contributed by atoms with Gasteiger partial charge >= 0.3 is 12.1 Å². The standard InChI is InChI=1S/C28H24N2O5/c31-26(30-20-14-11-19(12-15-20)13-16-27(32)33)10-5-17-29-28(34)35-18-25-23-8-3-1-6-21(23)22-7-2-4-9-24(22)25/h1-4,6-9,11-12,14-15,25H,13,16-18H2,(H,29,34)(H,30,31)(H,32,33). The van der Waals surface area contributed by atoms with Gasteiger partial charge in [-0.3, -0.25) is 9.59 Å². The van der Waals surface area contributed by atoms with Crippen LogP contribution in [0.1, 0.15) is 29.0 Å². The maximum absolute atomic E-state index is 12.1. The fourth-order valence-electron chi connectivity index (χ4n) is 4.06. The number of hydrogen-bond acceptors (Lipinski definition) is 4. The lowest BCUT2D eigenvalue weighted by Crippen LogP contribution is -2.26. The average Bonchev–Trinajstić information content (AvgIpc) is 3.18. The van der Waals surface area contributed by atoms with E-state index in [0.717, 1.165) is 27.8 Å². The van der Waals surface area contributed by atoms with E-state index in [0.29, 0.717) is 12.1 Å². The van der Waals surface area contributed by atoms with Crippen molar-refractivity contribution >= 4 is 23.7 Å². The average molecular weight is 469 g/mol. The zero-order valence-electron chi connectivity index (χ0n) is 18.9. The van der Waals surface area contributed by atoms with E-state index in [1.165, 1.54) is 0 Å². The van der Waals surface area contributed by atoms with Crippen molar-refractivity contribution in [3.8, 4) is 23.0 Å². The first-order chi connectivity index (χ1) is 17.0. The molecule has 4 rings (SSSR count). The highest BCUT2D eigenvalue weighted by Crippen LogP contribution is 2.44. The van der Waals surface area contributed by atoms with Crippen LogP contribution in [0.2, 0.25) is 0 Å². The Bertz CT molecular complexity index is 1260. The Kier molecular flexibility index (Phi) is 7.44. The van der Waals surface area contributed by atoms with Gasteiger partial charge in [-0.2, -0.15) is 0 Å². The van der Waals surface area contributed by atoms with E-state index < -0.39 is 18.0 Å². The summed E-state index contributed by atoms with van der Waals surface area (Å²) in [7, 11) is 0. The second-order valence-electron chi connectivity index (χ2n) is 8.03. The first-order valence-electron chi connectivity index (χ1n) is 11.2. The number of fused-ring (bicyclic) bond motifs is 3. The summed E-state index contributed by atoms with van der Waals surface area (Å²) < 4.78 is 5.43. The van der Waals surface area contributed by atoms with Crippen LogP contribution < -0.4 is 10.6 Å². The fraction of sp³-hybridized carbons (Fsp3) is 0.179. The van der Waals surface area contributed by atoms with Gasteiger partial charge in [-0.1, -0.05) is 66.6 Å². The molecular formula is C28H24N2O5. The van der Waals surface area contributed by atoms with Gasteiger partial charge in [0.2, 0.25) is 0 Å². The topological polar surface area (TPSA) is 105 Å². The zero-order chi connectivity index (χ0) is 24.6. The third-order valence-electron chi connectivity index (χ3n) is 5.71. The number of rotatable bonds is 7. The number of anilines is 1. The minimum Gasteiger partial charge on any atom is -0.481 e. The van der Waals surface area contributed by atoms with Crippen LogP contribution in [0.4, 0.5) is 10.5 Å². The second-order valence-corrected chi connectivity index (χ2v) is 8.03. The fourth-order valence-corrected chi connectivity index (χ4v) is 4.06. The van der Waals surface area contributed by atoms with E-state index >= 15 is 0 Å². The molecule has 3 aromatic rings. The predicted octanol–water partition coefficient (Wildman–Crippen LogP) is 4.18. The van der Waals surface area contributed by atoms with Crippen LogP contribution in [-0.2, 0) is 20.7 Å². The molecule has 3 aromatic carbocycles. The van der Waals surface area contributed by atoms with Crippen molar-refractivity contribution in [2.45, 2.75) is 18.8 Å². The van der Waals surface area contributed by atoms with Crippen molar-refractivity contribution in [1.82, 2.24) is 5.32 Å². The molecule has 0 saturated carbocycles. The van der Waals surface area contributed by atoms with Gasteiger partial charge in [0.25, 0.3) is 5.91 Å². The number of carbonyl (C=O) groups excluding carboxylic acids is 2. The number of benzene rings is 3. The van der Waals surface area contributed by atoms with Crippen LogP contribution in [0.15, 0.2) is 72.8 Å². The Labute approximate surface area is 203 Å². The molecule has 0 unspecified atom stereocenters. The monoisotopic (exact) mass is 468 g/mol. The number of ether oxygens (including phenoxy) is 1. The number of amides is 2. The summed E-state index contributed by atoms with van der Waals surface area (Å²) in [6.07, 6.45) is -0.128. The highest BCUT2D eigenvalue weighted by atomic mass is 16.5. The third-order valence-corrected chi connectivity index (χ3v) is 5.71. The molecule has 35 heavy (non-hydrogen) atoms. The number of aryl methyl sites for hydroxylation is 1. The van der Waals surface area contributed by atoms with Gasteiger partial charge in [0.05, 0.1) is 6.54 Å². The quantitative estimate of drug-likeness (QED) is 0.451. The second kappa shape index (κ2) is 11.0. The highest BCUT2D eigenvalue weighted by molar-refractivity contribution is 6.04. The van der Waals surface area contributed by atoms with Gasteiger partial charge in [-0.05, 0) is 52.3 Å². The summed E-state index contributed by atoms with van der Waals surface area (Å²) >= 11 is 0. The minimum absolute atomic E-state index is 0.0273. The number of alkyl carbamates (subject to hydrolysis) is 1. The van der Waals surface area contributed by atoms with E-state index in [1.54, 1.807) is 24.3 Å². The largest absolute Gasteiger partial charge is 0.481 e. The van der Waals surface area contributed by atoms with Crippen LogP contribution in [0.25, 0.3) is 11.1 Å². The van der Waals surface area contributed by atoms with Crippen LogP contribution in [0.3, 0.4) is 0 Å². The molecule has 1 aliphatic carbocycles. The molecule has 7 heteroatoms. The van der Waals surface area contributed by atoms with Crippen LogP contribution in [0.5, 0.6) is 0 Å². The van der Waals surface area contributed by atoms with Gasteiger partial charge in [-0.15, -0.1) is 0 Å². The number of hydrogen-bond donors (Lipinski definition) is 3. The van der Waals surface area contributed by atoms with Gasteiger partial charge < -0.3 is 20.5 Å². The van der Waals surface area contributed by atoms with Crippen molar-refractivity contribution in [1.29, 1.82) is 0 Å². The molecule has 0 aliphatic heterocycles. The third kappa shape index (κ3) is 6.06.